The molecule has 0 spiro atoms. The molecule has 2 aromatic rings. The smallest absolute Gasteiger partial charge is 0.247 e. The van der Waals surface area contributed by atoms with Crippen LogP contribution in [0.15, 0.2) is 42.5 Å². The van der Waals surface area contributed by atoms with E-state index in [-0.39, 0.29) is 18.5 Å². The van der Waals surface area contributed by atoms with Crippen LogP contribution in [0.1, 0.15) is 24.0 Å². The minimum Gasteiger partial charge on any atom is -0.493 e. The van der Waals surface area contributed by atoms with Crippen molar-refractivity contribution in [2.75, 3.05) is 14.2 Å². The highest BCUT2D eigenvalue weighted by molar-refractivity contribution is 5.92. The number of amides is 1. The van der Waals surface area contributed by atoms with Gasteiger partial charge in [0.25, 0.3) is 0 Å². The molecule has 3 rings (SSSR count). The van der Waals surface area contributed by atoms with E-state index >= 15 is 0 Å². The van der Waals surface area contributed by atoms with Crippen LogP contribution in [-0.4, -0.2) is 31.1 Å². The maximum Gasteiger partial charge on any atom is 0.247 e. The highest BCUT2D eigenvalue weighted by Gasteiger charge is 2.32. The number of rotatable bonds is 7. The number of ether oxygens (including phenoxy) is 2. The topological polar surface area (TPSA) is 38.8 Å². The molecule has 1 aliphatic carbocycles. The average Bonchev–Trinajstić information content (AvgIpc) is 3.50. The number of halogens is 2. The van der Waals surface area contributed by atoms with Gasteiger partial charge < -0.3 is 14.4 Å². The van der Waals surface area contributed by atoms with Gasteiger partial charge in [-0.15, -0.1) is 0 Å². The Labute approximate surface area is 157 Å². The molecular formula is C21H21F2NO3. The van der Waals surface area contributed by atoms with E-state index in [9.17, 15) is 13.6 Å². The van der Waals surface area contributed by atoms with Crippen LogP contribution in [0.3, 0.4) is 0 Å². The zero-order chi connectivity index (χ0) is 19.4. The minimum atomic E-state index is -0.641. The van der Waals surface area contributed by atoms with Crippen molar-refractivity contribution in [3.8, 4) is 11.5 Å². The zero-order valence-corrected chi connectivity index (χ0v) is 15.2. The summed E-state index contributed by atoms with van der Waals surface area (Å²) in [4.78, 5) is 14.3. The van der Waals surface area contributed by atoms with Gasteiger partial charge in [0.1, 0.15) is 11.6 Å². The minimum absolute atomic E-state index is 0.0945. The van der Waals surface area contributed by atoms with Crippen molar-refractivity contribution in [2.24, 2.45) is 0 Å². The molecule has 2 aromatic carbocycles. The fourth-order valence-corrected chi connectivity index (χ4v) is 2.83. The molecule has 0 aliphatic heterocycles. The van der Waals surface area contributed by atoms with Crippen LogP contribution >= 0.6 is 0 Å². The Balaban J connectivity index is 1.75. The van der Waals surface area contributed by atoms with Crippen molar-refractivity contribution in [2.45, 2.75) is 25.4 Å². The highest BCUT2D eigenvalue weighted by atomic mass is 19.1. The van der Waals surface area contributed by atoms with Gasteiger partial charge >= 0.3 is 0 Å². The summed E-state index contributed by atoms with van der Waals surface area (Å²) in [6, 6.07) is 8.85. The second kappa shape index (κ2) is 8.20. The van der Waals surface area contributed by atoms with Crippen molar-refractivity contribution >= 4 is 12.0 Å². The molecule has 0 bridgehead atoms. The first-order valence-electron chi connectivity index (χ1n) is 8.66. The first kappa shape index (κ1) is 18.9. The van der Waals surface area contributed by atoms with Crippen molar-refractivity contribution in [3.63, 3.8) is 0 Å². The van der Waals surface area contributed by atoms with Gasteiger partial charge in [0, 0.05) is 30.3 Å². The zero-order valence-electron chi connectivity index (χ0n) is 15.2. The standard InChI is InChI=1S/C21H21F2NO3/c1-26-19-9-3-14(11-20(19)27-2)4-10-21(25)24(17-7-8-17)13-15-5-6-16(22)12-18(15)23/h3-6,9-12,17H,7-8,13H2,1-2H3/b10-4+. The lowest BCUT2D eigenvalue weighted by atomic mass is 10.1. The molecule has 0 unspecified atom stereocenters. The first-order chi connectivity index (χ1) is 13.0. The van der Waals surface area contributed by atoms with E-state index in [0.717, 1.165) is 24.5 Å². The van der Waals surface area contributed by atoms with Crippen molar-refractivity contribution < 1.29 is 23.0 Å². The van der Waals surface area contributed by atoms with E-state index < -0.39 is 11.6 Å². The third kappa shape index (κ3) is 4.64. The number of carbonyl (C=O) groups is 1. The molecule has 1 aliphatic rings. The van der Waals surface area contributed by atoms with Crippen LogP contribution in [0.4, 0.5) is 8.78 Å². The lowest BCUT2D eigenvalue weighted by molar-refractivity contribution is -0.127. The highest BCUT2D eigenvalue weighted by Crippen LogP contribution is 2.30. The molecule has 1 fully saturated rings. The fourth-order valence-electron chi connectivity index (χ4n) is 2.83. The van der Waals surface area contributed by atoms with Crippen molar-refractivity contribution in [3.05, 3.63) is 65.2 Å². The van der Waals surface area contributed by atoms with E-state index in [1.54, 1.807) is 37.3 Å². The van der Waals surface area contributed by atoms with E-state index in [1.807, 2.05) is 6.07 Å². The summed E-state index contributed by atoms with van der Waals surface area (Å²) < 4.78 is 37.5. The summed E-state index contributed by atoms with van der Waals surface area (Å²) in [5.74, 6) is -0.311. The third-order valence-corrected chi connectivity index (χ3v) is 4.45. The van der Waals surface area contributed by atoms with Crippen LogP contribution in [0.25, 0.3) is 6.08 Å². The maximum absolute atomic E-state index is 13.9. The third-order valence-electron chi connectivity index (χ3n) is 4.45. The predicted molar refractivity (Wildman–Crippen MR) is 98.5 cm³/mol. The largest absolute Gasteiger partial charge is 0.493 e. The summed E-state index contributed by atoms with van der Waals surface area (Å²) in [5.41, 5.74) is 1.08. The lowest BCUT2D eigenvalue weighted by Gasteiger charge is -2.21. The van der Waals surface area contributed by atoms with Crippen LogP contribution in [0.2, 0.25) is 0 Å². The molecule has 142 valence electrons. The molecule has 0 N–H and O–H groups in total. The Hall–Kier alpha value is -2.89. The molecule has 6 heteroatoms. The van der Waals surface area contributed by atoms with Gasteiger partial charge in [0.15, 0.2) is 11.5 Å². The second-order valence-corrected chi connectivity index (χ2v) is 6.38. The predicted octanol–water partition coefficient (Wildman–Crippen LogP) is 4.19. The van der Waals surface area contributed by atoms with Crippen molar-refractivity contribution in [1.29, 1.82) is 0 Å². The SMILES string of the molecule is COc1ccc(/C=C/C(=O)N(Cc2ccc(F)cc2F)C2CC2)cc1OC. The molecule has 27 heavy (non-hydrogen) atoms. The number of hydrogen-bond acceptors (Lipinski definition) is 3. The molecule has 0 saturated heterocycles. The van der Waals surface area contributed by atoms with Gasteiger partial charge in [-0.05, 0) is 42.7 Å². The van der Waals surface area contributed by atoms with Gasteiger partial charge in [0.05, 0.1) is 14.2 Å². The molecular weight excluding hydrogens is 352 g/mol. The molecule has 1 amide bonds. The van der Waals surface area contributed by atoms with E-state index in [4.69, 9.17) is 9.47 Å². The molecule has 1 saturated carbocycles. The maximum atomic E-state index is 13.9. The number of nitrogens with zero attached hydrogens (tertiary/aromatic N) is 1. The van der Waals surface area contributed by atoms with Crippen LogP contribution < -0.4 is 9.47 Å². The van der Waals surface area contributed by atoms with E-state index in [1.165, 1.54) is 18.2 Å². The summed E-state index contributed by atoms with van der Waals surface area (Å²) in [5, 5.41) is 0. The summed E-state index contributed by atoms with van der Waals surface area (Å²) in [7, 11) is 3.10. The Morgan fingerprint density at radius 2 is 1.85 bits per heavy atom. The number of hydrogen-bond donors (Lipinski definition) is 0. The molecule has 4 nitrogen and oxygen atoms in total. The first-order valence-corrected chi connectivity index (χ1v) is 8.66. The molecule has 0 aromatic heterocycles. The van der Waals surface area contributed by atoms with Gasteiger partial charge in [-0.3, -0.25) is 4.79 Å². The summed E-state index contributed by atoms with van der Waals surface area (Å²) in [6.45, 7) is 0.117. The monoisotopic (exact) mass is 373 g/mol. The summed E-state index contributed by atoms with van der Waals surface area (Å²) in [6.07, 6.45) is 4.92. The Bertz CT molecular complexity index is 863. The van der Waals surface area contributed by atoms with E-state index in [0.29, 0.717) is 17.1 Å². The van der Waals surface area contributed by atoms with Gasteiger partial charge in [-0.2, -0.15) is 0 Å². The van der Waals surface area contributed by atoms with Crippen molar-refractivity contribution in [1.82, 2.24) is 4.90 Å². The molecule has 0 atom stereocenters. The lowest BCUT2D eigenvalue weighted by Crippen LogP contribution is -2.31. The van der Waals surface area contributed by atoms with Gasteiger partial charge in [-0.25, -0.2) is 8.78 Å². The number of carbonyl (C=O) groups excluding carboxylic acids is 1. The normalized spacial score (nSPS) is 13.6. The Morgan fingerprint density at radius 1 is 1.11 bits per heavy atom. The van der Waals surface area contributed by atoms with E-state index in [2.05, 4.69) is 0 Å². The molecule has 0 heterocycles. The average molecular weight is 373 g/mol. The fraction of sp³-hybridized carbons (Fsp3) is 0.286. The van der Waals surface area contributed by atoms with Gasteiger partial charge in [-0.1, -0.05) is 12.1 Å². The van der Waals surface area contributed by atoms with Crippen LogP contribution in [0, 0.1) is 11.6 Å². The Kier molecular flexibility index (Phi) is 5.74. The number of benzene rings is 2. The Morgan fingerprint density at radius 3 is 2.48 bits per heavy atom. The second-order valence-electron chi connectivity index (χ2n) is 6.38. The van der Waals surface area contributed by atoms with Gasteiger partial charge in [0.2, 0.25) is 5.91 Å². The quantitative estimate of drug-likeness (QED) is 0.684. The number of methoxy groups -OCH3 is 2. The molecule has 0 radical (unpaired) electrons. The van der Waals surface area contributed by atoms with Crippen LogP contribution in [0.5, 0.6) is 11.5 Å². The van der Waals surface area contributed by atoms with Crippen LogP contribution in [-0.2, 0) is 11.3 Å². The summed E-state index contributed by atoms with van der Waals surface area (Å²) >= 11 is 0.